The maximum Gasteiger partial charge on any atom is 0.472 e. The fraction of sp³-hybridized carbons (Fsp3) is 0.951. The smallest absolute Gasteiger partial charge is 0.462 e. The molecule has 0 spiro atoms. The summed E-state index contributed by atoms with van der Waals surface area (Å²) in [5.41, 5.74) is 0. The SMILES string of the molecule is CCCCCCCCCCCCCCCCCCC(=O)OC[C@H](COP(=O)(O)OC[C@@H](O)COP(=O)(O)OC[C@@H](COC(=O)CCCCCCCCCCC)OC(=O)CCCCCCCCCCCCCCCCC)OC(=O)CCCCCCCCCCCCCCCCCCCCC(C)C. The maximum atomic E-state index is 13.1. The van der Waals surface area contributed by atoms with Crippen molar-refractivity contribution in [3.05, 3.63) is 0 Å². The second-order valence-corrected chi connectivity index (χ2v) is 32.9. The molecule has 0 heterocycles. The molecule has 0 bridgehead atoms. The van der Waals surface area contributed by atoms with Crippen molar-refractivity contribution in [3.63, 3.8) is 0 Å². The molecule has 19 heteroatoms. The number of ether oxygens (including phenoxy) is 4. The normalized spacial score (nSPS) is 13.8. The molecule has 0 aliphatic heterocycles. The Morgan fingerprint density at radius 3 is 0.673 bits per heavy atom. The van der Waals surface area contributed by atoms with Crippen molar-refractivity contribution in [2.45, 2.75) is 457 Å². The van der Waals surface area contributed by atoms with Gasteiger partial charge in [0, 0.05) is 25.7 Å². The number of rotatable bonds is 82. The summed E-state index contributed by atoms with van der Waals surface area (Å²) in [4.78, 5) is 73.0. The summed E-state index contributed by atoms with van der Waals surface area (Å²) >= 11 is 0. The van der Waals surface area contributed by atoms with Crippen molar-refractivity contribution in [3.8, 4) is 0 Å². The standard InChI is InChI=1S/C82H160O17P2/c1-6-9-12-15-18-21-23-25-27-34-37-41-46-51-56-61-66-80(85)93-72-78(99-82(87)68-63-58-53-48-43-39-35-31-29-28-30-33-36-40-45-49-54-59-64-75(4)5)74-97-101(90,91)95-70-76(83)69-94-100(88,89)96-73-77(71-92-79(84)65-60-55-50-44-20-17-14-11-8-3)98-81(86)67-62-57-52-47-42-38-32-26-24-22-19-16-13-10-7-2/h75-78,83H,6-74H2,1-5H3,(H,88,89)(H,90,91)/t76-,77+,78+/m0/s1. The lowest BCUT2D eigenvalue weighted by molar-refractivity contribution is -0.161. The van der Waals surface area contributed by atoms with E-state index >= 15 is 0 Å². The van der Waals surface area contributed by atoms with Crippen molar-refractivity contribution in [2.75, 3.05) is 39.6 Å². The third-order valence-electron chi connectivity index (χ3n) is 19.3. The Bertz CT molecular complexity index is 1930. The van der Waals surface area contributed by atoms with Crippen molar-refractivity contribution >= 4 is 39.5 Å². The van der Waals surface area contributed by atoms with Gasteiger partial charge in [-0.3, -0.25) is 37.3 Å². The number of carbonyl (C=O) groups is 4. The van der Waals surface area contributed by atoms with Crippen LogP contribution in [-0.4, -0.2) is 96.7 Å². The Kier molecular flexibility index (Phi) is 73.5. The van der Waals surface area contributed by atoms with E-state index in [1.807, 2.05) is 0 Å². The van der Waals surface area contributed by atoms with Gasteiger partial charge >= 0.3 is 39.5 Å². The third kappa shape index (κ3) is 76.1. The predicted molar refractivity (Wildman–Crippen MR) is 414 cm³/mol. The van der Waals surface area contributed by atoms with Crippen LogP contribution in [0.4, 0.5) is 0 Å². The Balaban J connectivity index is 5.20. The first kappa shape index (κ1) is 99.1. The number of phosphoric ester groups is 2. The minimum absolute atomic E-state index is 0.109. The van der Waals surface area contributed by atoms with Gasteiger partial charge in [0.1, 0.15) is 19.3 Å². The van der Waals surface area contributed by atoms with E-state index in [0.717, 1.165) is 95.8 Å². The number of hydrogen-bond acceptors (Lipinski definition) is 15. The molecule has 0 rings (SSSR count). The van der Waals surface area contributed by atoms with Gasteiger partial charge in [0.15, 0.2) is 12.2 Å². The van der Waals surface area contributed by atoms with Gasteiger partial charge in [0.05, 0.1) is 26.4 Å². The van der Waals surface area contributed by atoms with Gasteiger partial charge in [-0.05, 0) is 31.6 Å². The van der Waals surface area contributed by atoms with Crippen molar-refractivity contribution in [1.82, 2.24) is 0 Å². The molecule has 0 amide bonds. The summed E-state index contributed by atoms with van der Waals surface area (Å²) in [6.07, 6.45) is 66.6. The monoisotopic (exact) mass is 1480 g/mol. The van der Waals surface area contributed by atoms with Crippen molar-refractivity contribution in [1.29, 1.82) is 0 Å². The Hall–Kier alpha value is -1.94. The Morgan fingerprint density at radius 2 is 0.455 bits per heavy atom. The zero-order chi connectivity index (χ0) is 74.1. The van der Waals surface area contributed by atoms with E-state index in [2.05, 4.69) is 34.6 Å². The Labute approximate surface area is 619 Å². The largest absolute Gasteiger partial charge is 0.472 e. The maximum absolute atomic E-state index is 13.1. The average molecular weight is 1480 g/mol. The summed E-state index contributed by atoms with van der Waals surface area (Å²) in [6.45, 7) is 7.36. The van der Waals surface area contributed by atoms with Crippen LogP contribution in [-0.2, 0) is 65.4 Å². The number of aliphatic hydroxyl groups excluding tert-OH is 1. The number of carbonyl (C=O) groups excluding carboxylic acids is 4. The van der Waals surface area contributed by atoms with Crippen LogP contribution in [0.1, 0.15) is 439 Å². The van der Waals surface area contributed by atoms with Crippen LogP contribution < -0.4 is 0 Å². The van der Waals surface area contributed by atoms with Gasteiger partial charge in [-0.2, -0.15) is 0 Å². The predicted octanol–water partition coefficient (Wildman–Crippen LogP) is 24.8. The number of unbranched alkanes of at least 4 members (excludes halogenated alkanes) is 54. The summed E-state index contributed by atoms with van der Waals surface area (Å²) in [5, 5.41) is 10.6. The van der Waals surface area contributed by atoms with Gasteiger partial charge < -0.3 is 33.8 Å². The van der Waals surface area contributed by atoms with E-state index in [-0.39, 0.29) is 25.7 Å². The second kappa shape index (κ2) is 74.9. The molecule has 17 nitrogen and oxygen atoms in total. The first-order valence-electron chi connectivity index (χ1n) is 42.6. The van der Waals surface area contributed by atoms with Gasteiger partial charge in [0.2, 0.25) is 0 Å². The summed E-state index contributed by atoms with van der Waals surface area (Å²) < 4.78 is 68.7. The lowest BCUT2D eigenvalue weighted by Gasteiger charge is -2.21. The van der Waals surface area contributed by atoms with Gasteiger partial charge in [-0.1, -0.05) is 388 Å². The molecule has 2 unspecified atom stereocenters. The first-order chi connectivity index (χ1) is 49.0. The first-order valence-corrected chi connectivity index (χ1v) is 45.6. The summed E-state index contributed by atoms with van der Waals surface area (Å²) in [7, 11) is -9.92. The zero-order valence-electron chi connectivity index (χ0n) is 66.1. The van der Waals surface area contributed by atoms with Crippen molar-refractivity contribution in [2.24, 2.45) is 5.92 Å². The van der Waals surface area contributed by atoms with E-state index in [0.29, 0.717) is 25.7 Å². The van der Waals surface area contributed by atoms with Crippen LogP contribution >= 0.6 is 15.6 Å². The zero-order valence-corrected chi connectivity index (χ0v) is 67.8. The topological polar surface area (TPSA) is 237 Å². The summed E-state index contributed by atoms with van der Waals surface area (Å²) in [5.74, 6) is -1.28. The van der Waals surface area contributed by atoms with Crippen LogP contribution in [0.15, 0.2) is 0 Å². The molecule has 5 atom stereocenters. The molecular formula is C82H160O17P2. The van der Waals surface area contributed by atoms with Crippen LogP contribution in [0.25, 0.3) is 0 Å². The van der Waals surface area contributed by atoms with Crippen LogP contribution in [0, 0.1) is 5.92 Å². The lowest BCUT2D eigenvalue weighted by Crippen LogP contribution is -2.30. The fourth-order valence-electron chi connectivity index (χ4n) is 12.8. The molecule has 0 aromatic heterocycles. The molecule has 0 aromatic rings. The molecular weight excluding hydrogens is 1320 g/mol. The molecule has 101 heavy (non-hydrogen) atoms. The van der Waals surface area contributed by atoms with Gasteiger partial charge in [-0.25, -0.2) is 9.13 Å². The average Bonchev–Trinajstić information content (AvgIpc) is 0.964. The number of esters is 4. The molecule has 0 aromatic carbocycles. The van der Waals surface area contributed by atoms with E-state index in [9.17, 15) is 43.2 Å². The second-order valence-electron chi connectivity index (χ2n) is 30.0. The van der Waals surface area contributed by atoms with E-state index in [4.69, 9.17) is 37.0 Å². The highest BCUT2D eigenvalue weighted by atomic mass is 31.2. The molecule has 600 valence electrons. The minimum Gasteiger partial charge on any atom is -0.462 e. The summed E-state index contributed by atoms with van der Waals surface area (Å²) in [6, 6.07) is 0. The molecule has 0 aliphatic carbocycles. The molecule has 3 N–H and O–H groups in total. The molecule has 0 radical (unpaired) electrons. The molecule has 0 fully saturated rings. The van der Waals surface area contributed by atoms with Crippen LogP contribution in [0.5, 0.6) is 0 Å². The Morgan fingerprint density at radius 1 is 0.267 bits per heavy atom. The highest BCUT2D eigenvalue weighted by Gasteiger charge is 2.30. The number of aliphatic hydroxyl groups is 1. The van der Waals surface area contributed by atoms with E-state index < -0.39 is 97.5 Å². The number of hydrogen-bond donors (Lipinski definition) is 3. The third-order valence-corrected chi connectivity index (χ3v) is 21.2. The van der Waals surface area contributed by atoms with Gasteiger partial charge in [-0.15, -0.1) is 0 Å². The molecule has 0 saturated carbocycles. The molecule has 0 aliphatic rings. The fourth-order valence-corrected chi connectivity index (χ4v) is 14.3. The highest BCUT2D eigenvalue weighted by Crippen LogP contribution is 2.45. The van der Waals surface area contributed by atoms with Crippen LogP contribution in [0.2, 0.25) is 0 Å². The lowest BCUT2D eigenvalue weighted by atomic mass is 10.0. The van der Waals surface area contributed by atoms with E-state index in [1.165, 1.54) is 263 Å². The van der Waals surface area contributed by atoms with Gasteiger partial charge in [0.25, 0.3) is 0 Å². The van der Waals surface area contributed by atoms with Crippen molar-refractivity contribution < 1.29 is 80.2 Å². The number of phosphoric acid groups is 2. The van der Waals surface area contributed by atoms with E-state index in [1.54, 1.807) is 0 Å². The minimum atomic E-state index is -4.96. The van der Waals surface area contributed by atoms with Crippen LogP contribution in [0.3, 0.4) is 0 Å². The highest BCUT2D eigenvalue weighted by molar-refractivity contribution is 7.47. The molecule has 0 saturated heterocycles. The quantitative estimate of drug-likeness (QED) is 0.0222.